The summed E-state index contributed by atoms with van der Waals surface area (Å²) in [5.74, 6) is -1.70. The van der Waals surface area contributed by atoms with Crippen molar-refractivity contribution in [2.24, 2.45) is 7.05 Å². The van der Waals surface area contributed by atoms with Crippen LogP contribution in [-0.2, 0) is 23.9 Å². The highest BCUT2D eigenvalue weighted by Crippen LogP contribution is 2.34. The van der Waals surface area contributed by atoms with Gasteiger partial charge >= 0.3 is 0 Å². The molecule has 1 unspecified atom stereocenters. The van der Waals surface area contributed by atoms with Gasteiger partial charge in [-0.3, -0.25) is 14.2 Å². The summed E-state index contributed by atoms with van der Waals surface area (Å²) in [6.07, 6.45) is 4.14. The van der Waals surface area contributed by atoms with E-state index >= 15 is 0 Å². The van der Waals surface area contributed by atoms with Crippen LogP contribution >= 0.6 is 0 Å². The Hall–Kier alpha value is -3.60. The molecule has 3 aromatic rings. The van der Waals surface area contributed by atoms with Crippen LogP contribution in [0, 0.1) is 5.82 Å². The van der Waals surface area contributed by atoms with E-state index in [0.717, 1.165) is 6.42 Å². The monoisotopic (exact) mass is 428 g/mol. The molecule has 10 nitrogen and oxygen atoms in total. The highest BCUT2D eigenvalue weighted by atomic mass is 19.1. The van der Waals surface area contributed by atoms with Crippen molar-refractivity contribution < 1.29 is 19.0 Å². The summed E-state index contributed by atoms with van der Waals surface area (Å²) in [6, 6.07) is 4.02. The highest BCUT2D eigenvalue weighted by Gasteiger charge is 2.37. The first-order chi connectivity index (χ1) is 14.8. The van der Waals surface area contributed by atoms with Gasteiger partial charge in [0.25, 0.3) is 11.5 Å². The molecule has 0 radical (unpaired) electrons. The van der Waals surface area contributed by atoms with Gasteiger partial charge in [0.05, 0.1) is 5.69 Å². The number of carbonyl (C=O) groups is 1. The van der Waals surface area contributed by atoms with E-state index in [0.29, 0.717) is 24.3 Å². The first-order valence-electron chi connectivity index (χ1n) is 9.66. The molecule has 0 spiro atoms. The quantitative estimate of drug-likeness (QED) is 0.625. The number of hydrogen-bond donors (Lipinski definition) is 2. The molecule has 1 aliphatic heterocycles. The predicted molar refractivity (Wildman–Crippen MR) is 106 cm³/mol. The van der Waals surface area contributed by atoms with E-state index in [4.69, 9.17) is 4.74 Å². The summed E-state index contributed by atoms with van der Waals surface area (Å²) in [7, 11) is 1.47. The van der Waals surface area contributed by atoms with E-state index in [1.54, 1.807) is 6.92 Å². The van der Waals surface area contributed by atoms with Crippen molar-refractivity contribution in [3.05, 3.63) is 64.1 Å². The standard InChI is InChI=1S/C20H21FN6O4/c1-20(6-3-7-31-20)19-25-15(16(28)18(30)26(19)2)17(29)23-9-12-4-5-13(21)8-14(12)27-11-22-10-24-27/h4-5,8,10-11,28H,3,6-7,9H2,1-2H3,(H,23,29). The second-order valence-electron chi connectivity index (χ2n) is 7.48. The molecule has 0 aliphatic carbocycles. The van der Waals surface area contributed by atoms with Crippen LogP contribution in [0.5, 0.6) is 5.75 Å². The Morgan fingerprint density at radius 3 is 2.90 bits per heavy atom. The largest absolute Gasteiger partial charge is 0.501 e. The fraction of sp³-hybridized carbons (Fsp3) is 0.350. The van der Waals surface area contributed by atoms with Crippen LogP contribution in [-0.4, -0.2) is 41.9 Å². The van der Waals surface area contributed by atoms with Gasteiger partial charge in [0.15, 0.2) is 5.69 Å². The molecule has 1 aromatic carbocycles. The molecule has 2 N–H and O–H groups in total. The second kappa shape index (κ2) is 7.91. The van der Waals surface area contributed by atoms with Crippen molar-refractivity contribution in [1.82, 2.24) is 29.6 Å². The number of aromatic nitrogens is 5. The zero-order chi connectivity index (χ0) is 22.2. The summed E-state index contributed by atoms with van der Waals surface area (Å²) in [4.78, 5) is 33.4. The maximum Gasteiger partial charge on any atom is 0.296 e. The van der Waals surface area contributed by atoms with Crippen LogP contribution in [0.25, 0.3) is 5.69 Å². The van der Waals surface area contributed by atoms with Crippen LogP contribution in [0.1, 0.15) is 41.6 Å². The normalized spacial score (nSPS) is 18.3. The third-order valence-corrected chi connectivity index (χ3v) is 5.33. The molecular weight excluding hydrogens is 407 g/mol. The topological polar surface area (TPSA) is 124 Å². The van der Waals surface area contributed by atoms with E-state index in [9.17, 15) is 19.1 Å². The van der Waals surface area contributed by atoms with Crippen LogP contribution in [0.2, 0.25) is 0 Å². The molecule has 1 fully saturated rings. The highest BCUT2D eigenvalue weighted by molar-refractivity contribution is 5.94. The zero-order valence-corrected chi connectivity index (χ0v) is 17.0. The summed E-state index contributed by atoms with van der Waals surface area (Å²) in [5, 5.41) is 16.9. The van der Waals surface area contributed by atoms with Crippen molar-refractivity contribution in [2.75, 3.05) is 6.61 Å². The molecular formula is C20H21FN6O4. The van der Waals surface area contributed by atoms with Crippen molar-refractivity contribution in [1.29, 1.82) is 0 Å². The van der Waals surface area contributed by atoms with Gasteiger partial charge in [-0.1, -0.05) is 6.07 Å². The number of nitrogens with one attached hydrogen (secondary N) is 1. The van der Waals surface area contributed by atoms with Crippen molar-refractivity contribution in [2.45, 2.75) is 31.9 Å². The van der Waals surface area contributed by atoms with Crippen molar-refractivity contribution in [3.63, 3.8) is 0 Å². The number of ether oxygens (including phenoxy) is 1. The Balaban J connectivity index is 1.63. The first kappa shape index (κ1) is 20.7. The molecule has 0 bridgehead atoms. The van der Waals surface area contributed by atoms with Gasteiger partial charge < -0.3 is 15.2 Å². The first-order valence-corrected chi connectivity index (χ1v) is 9.66. The summed E-state index contributed by atoms with van der Waals surface area (Å²) in [5.41, 5.74) is -1.01. The van der Waals surface area contributed by atoms with Gasteiger partial charge in [-0.2, -0.15) is 5.10 Å². The van der Waals surface area contributed by atoms with Crippen LogP contribution < -0.4 is 10.9 Å². The fourth-order valence-corrected chi connectivity index (χ4v) is 3.67. The smallest absolute Gasteiger partial charge is 0.296 e. The molecule has 1 saturated heterocycles. The van der Waals surface area contributed by atoms with Crippen LogP contribution in [0.15, 0.2) is 35.6 Å². The summed E-state index contributed by atoms with van der Waals surface area (Å²) >= 11 is 0. The number of benzene rings is 1. The third-order valence-electron chi connectivity index (χ3n) is 5.33. The molecule has 11 heteroatoms. The molecule has 31 heavy (non-hydrogen) atoms. The maximum absolute atomic E-state index is 13.7. The van der Waals surface area contributed by atoms with Gasteiger partial charge in [-0.05, 0) is 37.5 Å². The third kappa shape index (κ3) is 3.79. The van der Waals surface area contributed by atoms with E-state index in [1.165, 1.54) is 47.2 Å². The molecule has 1 aliphatic rings. The van der Waals surface area contributed by atoms with E-state index in [1.807, 2.05) is 0 Å². The lowest BCUT2D eigenvalue weighted by Gasteiger charge is -2.25. The molecule has 1 amide bonds. The van der Waals surface area contributed by atoms with E-state index in [-0.39, 0.29) is 18.1 Å². The lowest BCUT2D eigenvalue weighted by Crippen LogP contribution is -2.36. The number of hydrogen-bond acceptors (Lipinski definition) is 7. The number of halogens is 1. The number of aromatic hydroxyl groups is 1. The molecule has 3 heterocycles. The van der Waals surface area contributed by atoms with Gasteiger partial charge in [-0.25, -0.2) is 19.0 Å². The molecule has 162 valence electrons. The lowest BCUT2D eigenvalue weighted by molar-refractivity contribution is 0.00569. The minimum atomic E-state index is -0.826. The second-order valence-corrected chi connectivity index (χ2v) is 7.48. The Labute approximate surface area is 176 Å². The average Bonchev–Trinajstić information content (AvgIpc) is 3.43. The maximum atomic E-state index is 13.7. The summed E-state index contributed by atoms with van der Waals surface area (Å²) < 4.78 is 22.0. The SMILES string of the molecule is Cn1c(C2(C)CCCO2)nc(C(=O)NCc2ccc(F)cc2-n2cncn2)c(O)c1=O. The van der Waals surface area contributed by atoms with Gasteiger partial charge in [0, 0.05) is 20.2 Å². The molecule has 1 atom stereocenters. The number of amides is 1. The number of nitrogens with zero attached hydrogens (tertiary/aromatic N) is 5. The Kier molecular flexibility index (Phi) is 5.27. The zero-order valence-electron chi connectivity index (χ0n) is 17.0. The van der Waals surface area contributed by atoms with E-state index < -0.39 is 28.6 Å². The van der Waals surface area contributed by atoms with Crippen molar-refractivity contribution in [3.8, 4) is 11.4 Å². The molecule has 2 aromatic heterocycles. The molecule has 4 rings (SSSR count). The van der Waals surface area contributed by atoms with Gasteiger partial charge in [0.2, 0.25) is 5.75 Å². The van der Waals surface area contributed by atoms with Crippen LogP contribution in [0.4, 0.5) is 4.39 Å². The fourth-order valence-electron chi connectivity index (χ4n) is 3.67. The van der Waals surface area contributed by atoms with Crippen LogP contribution in [0.3, 0.4) is 0 Å². The minimum Gasteiger partial charge on any atom is -0.501 e. The van der Waals surface area contributed by atoms with Crippen molar-refractivity contribution >= 4 is 5.91 Å². The Morgan fingerprint density at radius 2 is 2.23 bits per heavy atom. The molecule has 0 saturated carbocycles. The Morgan fingerprint density at radius 1 is 1.42 bits per heavy atom. The number of rotatable bonds is 5. The summed E-state index contributed by atoms with van der Waals surface area (Å²) in [6.45, 7) is 2.29. The minimum absolute atomic E-state index is 0.0201. The average molecular weight is 428 g/mol. The Bertz CT molecular complexity index is 1190. The van der Waals surface area contributed by atoms with Gasteiger partial charge in [0.1, 0.15) is 29.9 Å². The number of carbonyl (C=O) groups excluding carboxylic acids is 1. The van der Waals surface area contributed by atoms with Gasteiger partial charge in [-0.15, -0.1) is 0 Å². The lowest BCUT2D eigenvalue weighted by atomic mass is 10.0. The predicted octanol–water partition coefficient (Wildman–Crippen LogP) is 1.16. The van der Waals surface area contributed by atoms with E-state index in [2.05, 4.69) is 20.4 Å².